The summed E-state index contributed by atoms with van der Waals surface area (Å²) in [7, 11) is 0. The molecule has 2 aromatic heterocycles. The van der Waals surface area contributed by atoms with Crippen molar-refractivity contribution in [3.63, 3.8) is 0 Å². The first-order valence-corrected chi connectivity index (χ1v) is 5.96. The Morgan fingerprint density at radius 2 is 2.24 bits per heavy atom. The van der Waals surface area contributed by atoms with Gasteiger partial charge in [-0.1, -0.05) is 6.92 Å². The Balaban J connectivity index is 2.50. The highest BCUT2D eigenvalue weighted by molar-refractivity contribution is 7.17. The molecule has 0 radical (unpaired) electrons. The van der Waals surface area contributed by atoms with Crippen LogP contribution in [-0.4, -0.2) is 26.0 Å². The molecule has 0 saturated carbocycles. The number of carbonyl (C=O) groups is 1. The van der Waals surface area contributed by atoms with Crippen molar-refractivity contribution in [1.29, 1.82) is 0 Å². The highest BCUT2D eigenvalue weighted by atomic mass is 32.1. The fourth-order valence-electron chi connectivity index (χ4n) is 1.44. The monoisotopic (exact) mass is 249 g/mol. The average Bonchev–Trinajstić information content (AvgIpc) is 2.73. The second-order valence-corrected chi connectivity index (χ2v) is 4.44. The van der Waals surface area contributed by atoms with Gasteiger partial charge in [-0.15, -0.1) is 11.3 Å². The van der Waals surface area contributed by atoms with Crippen LogP contribution in [0.15, 0.2) is 12.3 Å². The van der Waals surface area contributed by atoms with E-state index >= 15 is 0 Å². The van der Waals surface area contributed by atoms with Gasteiger partial charge < -0.3 is 5.11 Å². The van der Waals surface area contributed by atoms with Gasteiger partial charge >= 0.3 is 5.97 Å². The maximum absolute atomic E-state index is 11.0. The summed E-state index contributed by atoms with van der Waals surface area (Å²) in [6.45, 7) is 3.67. The average molecular weight is 249 g/mol. The van der Waals surface area contributed by atoms with Gasteiger partial charge in [-0.3, -0.25) is 0 Å². The van der Waals surface area contributed by atoms with Crippen LogP contribution >= 0.6 is 11.3 Å². The number of carboxylic acids is 1. The molecule has 0 saturated heterocycles. The Hall–Kier alpha value is -1.82. The highest BCUT2D eigenvalue weighted by Gasteiger charge is 2.17. The molecule has 88 valence electrons. The van der Waals surface area contributed by atoms with Crippen molar-refractivity contribution >= 4 is 17.3 Å². The van der Waals surface area contributed by atoms with E-state index in [1.165, 1.54) is 0 Å². The summed E-state index contributed by atoms with van der Waals surface area (Å²) in [4.78, 5) is 23.9. The van der Waals surface area contributed by atoms with E-state index in [1.54, 1.807) is 19.2 Å². The van der Waals surface area contributed by atoms with Gasteiger partial charge in [0.1, 0.15) is 21.4 Å². The number of aromatic nitrogens is 3. The van der Waals surface area contributed by atoms with E-state index in [9.17, 15) is 4.79 Å². The summed E-state index contributed by atoms with van der Waals surface area (Å²) in [5, 5.41) is 9.68. The molecule has 17 heavy (non-hydrogen) atoms. The molecule has 0 aromatic carbocycles. The van der Waals surface area contributed by atoms with Crippen LogP contribution in [0.25, 0.3) is 10.7 Å². The standard InChI is InChI=1S/C11H11N3O2S/c1-3-7-9(11(15)16)17-10(14-7)8-4-5-12-6(2)13-8/h4-5H,3H2,1-2H3,(H,15,16). The number of carboxylic acid groups (broad SMARTS) is 1. The number of thiazole rings is 1. The van der Waals surface area contributed by atoms with E-state index in [1.807, 2.05) is 6.92 Å². The van der Waals surface area contributed by atoms with Crippen molar-refractivity contribution in [1.82, 2.24) is 15.0 Å². The van der Waals surface area contributed by atoms with Crippen LogP contribution in [0.5, 0.6) is 0 Å². The third-order valence-electron chi connectivity index (χ3n) is 2.22. The van der Waals surface area contributed by atoms with Gasteiger partial charge in [-0.2, -0.15) is 0 Å². The molecule has 0 atom stereocenters. The van der Waals surface area contributed by atoms with Crippen molar-refractivity contribution in [2.24, 2.45) is 0 Å². The predicted molar refractivity (Wildman–Crippen MR) is 64.2 cm³/mol. The van der Waals surface area contributed by atoms with Crippen molar-refractivity contribution in [2.75, 3.05) is 0 Å². The highest BCUT2D eigenvalue weighted by Crippen LogP contribution is 2.27. The quantitative estimate of drug-likeness (QED) is 0.902. The van der Waals surface area contributed by atoms with Crippen LogP contribution in [0.2, 0.25) is 0 Å². The van der Waals surface area contributed by atoms with E-state index in [2.05, 4.69) is 15.0 Å². The fraction of sp³-hybridized carbons (Fsp3) is 0.273. The number of rotatable bonds is 3. The maximum atomic E-state index is 11.0. The molecule has 5 nitrogen and oxygen atoms in total. The van der Waals surface area contributed by atoms with Gasteiger partial charge in [-0.05, 0) is 19.4 Å². The van der Waals surface area contributed by atoms with Crippen molar-refractivity contribution in [3.05, 3.63) is 28.7 Å². The zero-order valence-electron chi connectivity index (χ0n) is 9.47. The minimum atomic E-state index is -0.934. The summed E-state index contributed by atoms with van der Waals surface area (Å²) in [6, 6.07) is 1.73. The lowest BCUT2D eigenvalue weighted by Gasteiger charge is -1.95. The maximum Gasteiger partial charge on any atom is 0.347 e. The normalized spacial score (nSPS) is 10.5. The van der Waals surface area contributed by atoms with Crippen LogP contribution in [-0.2, 0) is 6.42 Å². The molecule has 1 N–H and O–H groups in total. The Labute approximate surface area is 102 Å². The Morgan fingerprint density at radius 3 is 2.76 bits per heavy atom. The lowest BCUT2D eigenvalue weighted by molar-refractivity contribution is 0.0701. The van der Waals surface area contributed by atoms with Gasteiger partial charge in [0.05, 0.1) is 5.69 Å². The molecule has 0 aliphatic carbocycles. The number of hydrogen-bond donors (Lipinski definition) is 1. The Morgan fingerprint density at radius 1 is 1.47 bits per heavy atom. The first-order valence-electron chi connectivity index (χ1n) is 5.14. The van der Waals surface area contributed by atoms with Gasteiger partial charge in [0, 0.05) is 6.20 Å². The summed E-state index contributed by atoms with van der Waals surface area (Å²) >= 11 is 1.15. The van der Waals surface area contributed by atoms with Gasteiger partial charge in [-0.25, -0.2) is 19.7 Å². The van der Waals surface area contributed by atoms with Crippen molar-refractivity contribution in [2.45, 2.75) is 20.3 Å². The first kappa shape index (κ1) is 11.7. The van der Waals surface area contributed by atoms with Crippen molar-refractivity contribution < 1.29 is 9.90 Å². The van der Waals surface area contributed by atoms with E-state index in [0.717, 1.165) is 11.3 Å². The topological polar surface area (TPSA) is 76.0 Å². The minimum Gasteiger partial charge on any atom is -0.477 e. The lowest BCUT2D eigenvalue weighted by Crippen LogP contribution is -1.97. The number of hydrogen-bond acceptors (Lipinski definition) is 5. The molecule has 2 rings (SSSR count). The Bertz CT molecular complexity index is 566. The molecule has 0 unspecified atom stereocenters. The van der Waals surface area contributed by atoms with Crippen LogP contribution in [0.3, 0.4) is 0 Å². The fourth-order valence-corrected chi connectivity index (χ4v) is 2.41. The van der Waals surface area contributed by atoms with Crippen LogP contribution in [0.4, 0.5) is 0 Å². The molecule has 0 bridgehead atoms. The predicted octanol–water partition coefficient (Wildman–Crippen LogP) is 2.17. The van der Waals surface area contributed by atoms with Crippen LogP contribution < -0.4 is 0 Å². The molecular weight excluding hydrogens is 238 g/mol. The Kier molecular flexibility index (Phi) is 3.14. The summed E-state index contributed by atoms with van der Waals surface area (Å²) in [5.74, 6) is -0.288. The second kappa shape index (κ2) is 4.58. The van der Waals surface area contributed by atoms with E-state index in [0.29, 0.717) is 33.5 Å². The van der Waals surface area contributed by atoms with Crippen LogP contribution in [0.1, 0.15) is 28.1 Å². The third kappa shape index (κ3) is 2.31. The minimum absolute atomic E-state index is 0.291. The zero-order chi connectivity index (χ0) is 12.4. The molecule has 0 aliphatic heterocycles. The molecule has 0 spiro atoms. The SMILES string of the molecule is CCc1nc(-c2ccnc(C)n2)sc1C(=O)O. The number of aryl methyl sites for hydroxylation is 2. The number of nitrogens with zero attached hydrogens (tertiary/aromatic N) is 3. The smallest absolute Gasteiger partial charge is 0.347 e. The first-order chi connectivity index (χ1) is 8.11. The van der Waals surface area contributed by atoms with E-state index < -0.39 is 5.97 Å². The van der Waals surface area contributed by atoms with E-state index in [4.69, 9.17) is 5.11 Å². The molecule has 0 amide bonds. The van der Waals surface area contributed by atoms with Gasteiger partial charge in [0.2, 0.25) is 0 Å². The largest absolute Gasteiger partial charge is 0.477 e. The molecule has 2 heterocycles. The summed E-state index contributed by atoms with van der Waals surface area (Å²) in [5.41, 5.74) is 1.28. The second-order valence-electron chi connectivity index (χ2n) is 3.44. The molecule has 0 aliphatic rings. The van der Waals surface area contributed by atoms with Gasteiger partial charge in [0.25, 0.3) is 0 Å². The van der Waals surface area contributed by atoms with Crippen molar-refractivity contribution in [3.8, 4) is 10.7 Å². The van der Waals surface area contributed by atoms with E-state index in [-0.39, 0.29) is 0 Å². The lowest BCUT2D eigenvalue weighted by atomic mass is 10.3. The molecule has 6 heteroatoms. The zero-order valence-corrected chi connectivity index (χ0v) is 10.3. The van der Waals surface area contributed by atoms with Gasteiger partial charge in [0.15, 0.2) is 0 Å². The number of aromatic carboxylic acids is 1. The molecular formula is C11H11N3O2S. The summed E-state index contributed by atoms with van der Waals surface area (Å²) in [6.07, 6.45) is 2.24. The molecule has 2 aromatic rings. The third-order valence-corrected chi connectivity index (χ3v) is 3.33. The van der Waals surface area contributed by atoms with Crippen LogP contribution in [0, 0.1) is 6.92 Å². The summed E-state index contributed by atoms with van der Waals surface area (Å²) < 4.78 is 0. The molecule has 0 fully saturated rings.